The smallest absolute Gasteiger partial charge is 0.158 e. The SMILES string of the molecule is CCOCc1nc(NN)cc(Nc2ccccc2I)n1. The molecule has 20 heavy (non-hydrogen) atoms. The third-order valence-electron chi connectivity index (χ3n) is 2.49. The lowest BCUT2D eigenvalue weighted by Crippen LogP contribution is -2.12. The highest BCUT2D eigenvalue weighted by molar-refractivity contribution is 14.1. The molecule has 0 aliphatic heterocycles. The number of hydrazine groups is 1. The zero-order valence-corrected chi connectivity index (χ0v) is 13.2. The molecule has 4 N–H and O–H groups in total. The van der Waals surface area contributed by atoms with Gasteiger partial charge >= 0.3 is 0 Å². The first kappa shape index (κ1) is 14.9. The van der Waals surface area contributed by atoms with Gasteiger partial charge in [-0.05, 0) is 41.6 Å². The second kappa shape index (κ2) is 7.36. The van der Waals surface area contributed by atoms with Crippen molar-refractivity contribution in [2.75, 3.05) is 17.3 Å². The second-order valence-corrected chi connectivity index (χ2v) is 5.10. The number of hydrogen-bond donors (Lipinski definition) is 3. The molecular weight excluding hydrogens is 369 g/mol. The largest absolute Gasteiger partial charge is 0.374 e. The highest BCUT2D eigenvalue weighted by Crippen LogP contribution is 2.22. The minimum atomic E-state index is 0.354. The highest BCUT2D eigenvalue weighted by Gasteiger charge is 2.06. The Kier molecular flexibility index (Phi) is 5.50. The molecule has 0 aliphatic rings. The van der Waals surface area contributed by atoms with Crippen LogP contribution in [0.25, 0.3) is 0 Å². The first-order chi connectivity index (χ1) is 9.72. The Balaban J connectivity index is 2.24. The number of nitrogens with two attached hydrogens (primary N) is 1. The molecular formula is C13H16IN5O. The number of nitrogens with zero attached hydrogens (tertiary/aromatic N) is 2. The number of ether oxygens (including phenoxy) is 1. The van der Waals surface area contributed by atoms with Gasteiger partial charge in [-0.1, -0.05) is 12.1 Å². The van der Waals surface area contributed by atoms with Gasteiger partial charge in [0, 0.05) is 16.2 Å². The molecule has 106 valence electrons. The van der Waals surface area contributed by atoms with Crippen LogP contribution < -0.4 is 16.6 Å². The standard InChI is InChI=1S/C13H16IN5O/c1-2-20-8-13-17-11(7-12(18-13)19-15)16-10-6-4-3-5-9(10)14/h3-7H,2,8,15H2,1H3,(H2,16,17,18,19). The van der Waals surface area contributed by atoms with Crippen LogP contribution in [0.2, 0.25) is 0 Å². The van der Waals surface area contributed by atoms with Crippen molar-refractivity contribution >= 4 is 39.9 Å². The van der Waals surface area contributed by atoms with Crippen molar-refractivity contribution < 1.29 is 4.74 Å². The quantitative estimate of drug-likeness (QED) is 0.403. The summed E-state index contributed by atoms with van der Waals surface area (Å²) in [5, 5.41) is 3.25. The van der Waals surface area contributed by atoms with E-state index in [-0.39, 0.29) is 0 Å². The van der Waals surface area contributed by atoms with Crippen LogP contribution in [0.4, 0.5) is 17.3 Å². The van der Waals surface area contributed by atoms with Crippen LogP contribution >= 0.6 is 22.6 Å². The van der Waals surface area contributed by atoms with E-state index in [9.17, 15) is 0 Å². The maximum Gasteiger partial charge on any atom is 0.158 e. The summed E-state index contributed by atoms with van der Waals surface area (Å²) in [5.74, 6) is 7.23. The molecule has 0 saturated carbocycles. The Labute approximate surface area is 131 Å². The van der Waals surface area contributed by atoms with Gasteiger partial charge in [0.2, 0.25) is 0 Å². The van der Waals surface area contributed by atoms with Crippen LogP contribution in [-0.4, -0.2) is 16.6 Å². The average Bonchev–Trinajstić information content (AvgIpc) is 2.47. The Morgan fingerprint density at radius 2 is 2.00 bits per heavy atom. The van der Waals surface area contributed by atoms with Crippen LogP contribution in [-0.2, 0) is 11.3 Å². The molecule has 1 heterocycles. The van der Waals surface area contributed by atoms with E-state index < -0.39 is 0 Å². The summed E-state index contributed by atoms with van der Waals surface area (Å²) in [6.07, 6.45) is 0. The molecule has 0 radical (unpaired) electrons. The molecule has 2 rings (SSSR count). The Morgan fingerprint density at radius 3 is 2.70 bits per heavy atom. The summed E-state index contributed by atoms with van der Waals surface area (Å²) >= 11 is 2.27. The van der Waals surface area contributed by atoms with E-state index in [1.807, 2.05) is 31.2 Å². The molecule has 0 spiro atoms. The molecule has 1 aromatic heterocycles. The molecule has 7 heteroatoms. The molecule has 6 nitrogen and oxygen atoms in total. The lowest BCUT2D eigenvalue weighted by atomic mass is 10.3. The molecule has 2 aromatic rings. The van der Waals surface area contributed by atoms with E-state index >= 15 is 0 Å². The Hall–Kier alpha value is -1.45. The summed E-state index contributed by atoms with van der Waals surface area (Å²) in [7, 11) is 0. The Morgan fingerprint density at radius 1 is 1.25 bits per heavy atom. The van der Waals surface area contributed by atoms with Gasteiger partial charge in [-0.25, -0.2) is 15.8 Å². The van der Waals surface area contributed by atoms with Crippen molar-refractivity contribution in [2.24, 2.45) is 5.84 Å². The maximum atomic E-state index is 5.43. The fourth-order valence-electron chi connectivity index (χ4n) is 1.59. The molecule has 0 aliphatic carbocycles. The van der Waals surface area contributed by atoms with Crippen molar-refractivity contribution in [1.82, 2.24) is 9.97 Å². The number of halogens is 1. The van der Waals surface area contributed by atoms with Gasteiger partial charge in [-0.15, -0.1) is 0 Å². The van der Waals surface area contributed by atoms with Crippen molar-refractivity contribution in [3.8, 4) is 0 Å². The van der Waals surface area contributed by atoms with Crippen LogP contribution in [0.3, 0.4) is 0 Å². The number of para-hydroxylation sites is 1. The molecule has 0 atom stereocenters. The summed E-state index contributed by atoms with van der Waals surface area (Å²) in [5.41, 5.74) is 3.52. The predicted molar refractivity (Wildman–Crippen MR) is 87.6 cm³/mol. The first-order valence-electron chi connectivity index (χ1n) is 6.16. The molecule has 0 fully saturated rings. The number of nitrogen functional groups attached to an aromatic ring is 1. The van der Waals surface area contributed by atoms with Gasteiger partial charge in [0.05, 0.1) is 5.69 Å². The van der Waals surface area contributed by atoms with Crippen LogP contribution in [0.15, 0.2) is 30.3 Å². The first-order valence-corrected chi connectivity index (χ1v) is 7.24. The average molecular weight is 385 g/mol. The number of hydrogen-bond acceptors (Lipinski definition) is 6. The van der Waals surface area contributed by atoms with Gasteiger partial charge in [-0.2, -0.15) is 0 Å². The lowest BCUT2D eigenvalue weighted by Gasteiger charge is -2.11. The van der Waals surface area contributed by atoms with Gasteiger partial charge in [0.25, 0.3) is 0 Å². The minimum absolute atomic E-state index is 0.354. The van der Waals surface area contributed by atoms with E-state index in [2.05, 4.69) is 43.3 Å². The summed E-state index contributed by atoms with van der Waals surface area (Å²) in [6, 6.07) is 9.71. The monoisotopic (exact) mass is 385 g/mol. The van der Waals surface area contributed by atoms with Crippen LogP contribution in [0.1, 0.15) is 12.7 Å². The molecule has 0 saturated heterocycles. The topological polar surface area (TPSA) is 85.1 Å². The lowest BCUT2D eigenvalue weighted by molar-refractivity contribution is 0.128. The van der Waals surface area contributed by atoms with Crippen molar-refractivity contribution in [3.63, 3.8) is 0 Å². The van der Waals surface area contributed by atoms with Gasteiger partial charge in [0.1, 0.15) is 18.2 Å². The molecule has 0 amide bonds. The number of rotatable bonds is 6. The van der Waals surface area contributed by atoms with Gasteiger partial charge in [0.15, 0.2) is 5.82 Å². The number of anilines is 3. The van der Waals surface area contributed by atoms with E-state index in [1.165, 1.54) is 0 Å². The van der Waals surface area contributed by atoms with Gasteiger partial charge in [-0.3, -0.25) is 0 Å². The highest BCUT2D eigenvalue weighted by atomic mass is 127. The summed E-state index contributed by atoms with van der Waals surface area (Å²) in [6.45, 7) is 2.89. The predicted octanol–water partition coefficient (Wildman–Crippen LogP) is 2.65. The van der Waals surface area contributed by atoms with E-state index in [1.54, 1.807) is 6.07 Å². The van der Waals surface area contributed by atoms with Crippen LogP contribution in [0.5, 0.6) is 0 Å². The number of aromatic nitrogens is 2. The third kappa shape index (κ3) is 4.02. The van der Waals surface area contributed by atoms with Crippen molar-refractivity contribution in [3.05, 3.63) is 39.7 Å². The third-order valence-corrected chi connectivity index (χ3v) is 3.43. The fourth-order valence-corrected chi connectivity index (χ4v) is 2.12. The number of nitrogens with one attached hydrogen (secondary N) is 2. The summed E-state index contributed by atoms with van der Waals surface area (Å²) < 4.78 is 6.43. The fraction of sp³-hybridized carbons (Fsp3) is 0.231. The molecule has 0 bridgehead atoms. The van der Waals surface area contributed by atoms with Crippen molar-refractivity contribution in [2.45, 2.75) is 13.5 Å². The second-order valence-electron chi connectivity index (χ2n) is 3.94. The summed E-state index contributed by atoms with van der Waals surface area (Å²) in [4.78, 5) is 8.65. The normalized spacial score (nSPS) is 10.3. The van der Waals surface area contributed by atoms with E-state index in [0.29, 0.717) is 30.7 Å². The molecule has 1 aromatic carbocycles. The van der Waals surface area contributed by atoms with E-state index in [0.717, 1.165) is 9.26 Å². The molecule has 0 unspecified atom stereocenters. The Bertz CT molecular complexity index is 578. The van der Waals surface area contributed by atoms with Gasteiger partial charge < -0.3 is 15.5 Å². The van der Waals surface area contributed by atoms with Crippen LogP contribution in [0, 0.1) is 3.57 Å². The zero-order chi connectivity index (χ0) is 14.4. The maximum absolute atomic E-state index is 5.43. The van der Waals surface area contributed by atoms with Crippen molar-refractivity contribution in [1.29, 1.82) is 0 Å². The van der Waals surface area contributed by atoms with E-state index in [4.69, 9.17) is 10.6 Å². The minimum Gasteiger partial charge on any atom is -0.374 e. The number of benzene rings is 1. The zero-order valence-electron chi connectivity index (χ0n) is 11.1.